The second-order valence-corrected chi connectivity index (χ2v) is 5.65. The summed E-state index contributed by atoms with van der Waals surface area (Å²) in [7, 11) is 4.13. The zero-order chi connectivity index (χ0) is 16.4. The van der Waals surface area contributed by atoms with E-state index in [-0.39, 0.29) is 5.60 Å². The van der Waals surface area contributed by atoms with Gasteiger partial charge in [-0.05, 0) is 26.6 Å². The van der Waals surface area contributed by atoms with Crippen LogP contribution >= 0.6 is 0 Å². The van der Waals surface area contributed by atoms with Crippen LogP contribution in [0, 0.1) is 0 Å². The molecule has 1 aliphatic heterocycles. The number of aryl methyl sites for hydroxylation is 1. The minimum Gasteiger partial charge on any atom is -0.381 e. The normalized spacial score (nSPS) is 17.0. The molecular formula is C18H32N2O2. The van der Waals surface area contributed by atoms with Crippen LogP contribution in [-0.2, 0) is 21.5 Å². The molecule has 0 aromatic carbocycles. The highest BCUT2D eigenvalue weighted by Crippen LogP contribution is 2.35. The minimum atomic E-state index is -0.215. The first kappa shape index (κ1) is 19.1. The van der Waals surface area contributed by atoms with E-state index in [1.807, 2.05) is 20.0 Å². The summed E-state index contributed by atoms with van der Waals surface area (Å²) in [5, 5.41) is 0. The van der Waals surface area contributed by atoms with E-state index in [2.05, 4.69) is 43.0 Å². The Morgan fingerprint density at radius 2 is 1.91 bits per heavy atom. The molecule has 1 aromatic heterocycles. The lowest BCUT2D eigenvalue weighted by molar-refractivity contribution is -0.118. The molecule has 2 heterocycles. The number of ether oxygens (including phenoxy) is 2. The lowest BCUT2D eigenvalue weighted by atomic mass is 9.87. The Kier molecular flexibility index (Phi) is 8.61. The maximum absolute atomic E-state index is 6.28. The van der Waals surface area contributed by atoms with E-state index >= 15 is 0 Å². The summed E-state index contributed by atoms with van der Waals surface area (Å²) in [4.78, 5) is 6.67. The van der Waals surface area contributed by atoms with Gasteiger partial charge in [0.2, 0.25) is 0 Å². The largest absolute Gasteiger partial charge is 0.381 e. The summed E-state index contributed by atoms with van der Waals surface area (Å²) in [6, 6.07) is 4.29. The van der Waals surface area contributed by atoms with Crippen molar-refractivity contribution in [2.24, 2.45) is 0 Å². The van der Waals surface area contributed by atoms with Gasteiger partial charge in [0.15, 0.2) is 0 Å². The maximum Gasteiger partial charge on any atom is 0.0990 e. The van der Waals surface area contributed by atoms with Gasteiger partial charge in [0.1, 0.15) is 0 Å². The minimum absolute atomic E-state index is 0.215. The number of nitrogens with zero attached hydrogens (tertiary/aromatic N) is 2. The van der Waals surface area contributed by atoms with E-state index < -0.39 is 0 Å². The molecule has 2 rings (SSSR count). The molecule has 1 fully saturated rings. The van der Waals surface area contributed by atoms with Gasteiger partial charge in [-0.15, -0.1) is 0 Å². The third-order valence-electron chi connectivity index (χ3n) is 3.93. The molecule has 1 saturated heterocycles. The van der Waals surface area contributed by atoms with E-state index in [9.17, 15) is 0 Å². The Balaban J connectivity index is 0.00000116. The van der Waals surface area contributed by atoms with Crippen LogP contribution in [0.1, 0.15) is 44.9 Å². The monoisotopic (exact) mass is 308 g/mol. The van der Waals surface area contributed by atoms with Crippen molar-refractivity contribution in [3.05, 3.63) is 29.6 Å². The van der Waals surface area contributed by atoms with E-state index in [4.69, 9.17) is 9.47 Å². The fourth-order valence-corrected chi connectivity index (χ4v) is 2.54. The van der Waals surface area contributed by atoms with Crippen molar-refractivity contribution in [3.63, 3.8) is 0 Å². The quantitative estimate of drug-likeness (QED) is 0.808. The summed E-state index contributed by atoms with van der Waals surface area (Å²) in [5.41, 5.74) is 2.11. The number of pyridine rings is 1. The molecule has 0 saturated carbocycles. The predicted molar refractivity (Wildman–Crippen MR) is 91.2 cm³/mol. The van der Waals surface area contributed by atoms with Crippen molar-refractivity contribution >= 4 is 0 Å². The first-order valence-electron chi connectivity index (χ1n) is 8.48. The third-order valence-corrected chi connectivity index (χ3v) is 3.93. The molecule has 0 unspecified atom stereocenters. The van der Waals surface area contributed by atoms with Crippen LogP contribution in [-0.4, -0.2) is 50.3 Å². The van der Waals surface area contributed by atoms with Crippen molar-refractivity contribution in [3.8, 4) is 0 Å². The third kappa shape index (κ3) is 5.34. The molecule has 0 aliphatic carbocycles. The topological polar surface area (TPSA) is 34.6 Å². The highest BCUT2D eigenvalue weighted by Gasteiger charge is 2.35. The average molecular weight is 308 g/mol. The van der Waals surface area contributed by atoms with Crippen LogP contribution in [0.4, 0.5) is 0 Å². The first-order chi connectivity index (χ1) is 10.7. The summed E-state index contributed by atoms with van der Waals surface area (Å²) in [6.07, 6.45) is 4.78. The highest BCUT2D eigenvalue weighted by atomic mass is 16.5. The molecule has 4 heteroatoms. The average Bonchev–Trinajstić information content (AvgIpc) is 2.57. The molecule has 0 atom stereocenters. The Hall–Kier alpha value is -0.970. The molecule has 22 heavy (non-hydrogen) atoms. The lowest BCUT2D eigenvalue weighted by Gasteiger charge is -2.37. The van der Waals surface area contributed by atoms with Crippen LogP contribution in [0.25, 0.3) is 0 Å². The number of hydrogen-bond acceptors (Lipinski definition) is 4. The van der Waals surface area contributed by atoms with E-state index in [1.165, 1.54) is 5.56 Å². The van der Waals surface area contributed by atoms with Gasteiger partial charge in [-0.1, -0.05) is 26.8 Å². The molecule has 0 bridgehead atoms. The van der Waals surface area contributed by atoms with Gasteiger partial charge < -0.3 is 14.4 Å². The number of rotatable bonds is 6. The summed E-state index contributed by atoms with van der Waals surface area (Å²) < 4.78 is 11.8. The highest BCUT2D eigenvalue weighted by molar-refractivity contribution is 5.22. The van der Waals surface area contributed by atoms with Gasteiger partial charge in [-0.25, -0.2) is 0 Å². The van der Waals surface area contributed by atoms with Crippen LogP contribution in [0.5, 0.6) is 0 Å². The first-order valence-corrected chi connectivity index (χ1v) is 8.48. The van der Waals surface area contributed by atoms with Crippen LogP contribution < -0.4 is 0 Å². The van der Waals surface area contributed by atoms with Crippen molar-refractivity contribution in [1.82, 2.24) is 9.88 Å². The summed E-state index contributed by atoms with van der Waals surface area (Å²) in [5.74, 6) is 0. The smallest absolute Gasteiger partial charge is 0.0990 e. The lowest BCUT2D eigenvalue weighted by Crippen LogP contribution is -2.38. The Morgan fingerprint density at radius 1 is 1.23 bits per heavy atom. The van der Waals surface area contributed by atoms with Gasteiger partial charge in [0.25, 0.3) is 0 Å². The van der Waals surface area contributed by atoms with Crippen LogP contribution in [0.2, 0.25) is 0 Å². The van der Waals surface area contributed by atoms with Crippen molar-refractivity contribution in [2.45, 2.75) is 45.6 Å². The van der Waals surface area contributed by atoms with Gasteiger partial charge in [0.05, 0.1) is 12.2 Å². The standard InChI is InChI=1S/C16H26N2O2.C2H6/c1-4-15-6-5-14(13-17-15)16(7-10-19-11-8-16)20-12-9-18(2)3;1-2/h5-6,13H,4,7-12H2,1-3H3;1-2H3. The van der Waals surface area contributed by atoms with Crippen molar-refractivity contribution in [2.75, 3.05) is 40.5 Å². The summed E-state index contributed by atoms with van der Waals surface area (Å²) in [6.45, 7) is 9.32. The van der Waals surface area contributed by atoms with Crippen LogP contribution in [0.3, 0.4) is 0 Å². The van der Waals surface area contributed by atoms with Crippen molar-refractivity contribution < 1.29 is 9.47 Å². The van der Waals surface area contributed by atoms with Gasteiger partial charge >= 0.3 is 0 Å². The van der Waals surface area contributed by atoms with E-state index in [0.717, 1.165) is 51.3 Å². The Bertz CT molecular complexity index is 398. The molecule has 126 valence electrons. The molecule has 0 spiro atoms. The zero-order valence-corrected chi connectivity index (χ0v) is 14.9. The Morgan fingerprint density at radius 3 is 2.41 bits per heavy atom. The summed E-state index contributed by atoms with van der Waals surface area (Å²) >= 11 is 0. The van der Waals surface area contributed by atoms with E-state index in [0.29, 0.717) is 0 Å². The van der Waals surface area contributed by atoms with Gasteiger partial charge in [-0.3, -0.25) is 4.98 Å². The molecule has 0 radical (unpaired) electrons. The van der Waals surface area contributed by atoms with E-state index in [1.54, 1.807) is 0 Å². The Labute approximate surface area is 135 Å². The second kappa shape index (κ2) is 9.93. The molecule has 1 aromatic rings. The maximum atomic E-state index is 6.28. The zero-order valence-electron chi connectivity index (χ0n) is 14.9. The predicted octanol–water partition coefficient (Wildman–Crippen LogP) is 3.25. The van der Waals surface area contributed by atoms with Crippen molar-refractivity contribution in [1.29, 1.82) is 0 Å². The van der Waals surface area contributed by atoms with Crippen LogP contribution in [0.15, 0.2) is 18.3 Å². The molecule has 1 aliphatic rings. The molecule has 4 nitrogen and oxygen atoms in total. The molecular weight excluding hydrogens is 276 g/mol. The number of aromatic nitrogens is 1. The number of hydrogen-bond donors (Lipinski definition) is 0. The fraction of sp³-hybridized carbons (Fsp3) is 0.722. The molecule has 0 N–H and O–H groups in total. The van der Waals surface area contributed by atoms with Gasteiger partial charge in [-0.2, -0.15) is 0 Å². The van der Waals surface area contributed by atoms with Gasteiger partial charge in [0, 0.05) is 50.1 Å². The SMILES string of the molecule is CC.CCc1ccc(C2(OCCN(C)C)CCOCC2)cn1. The molecule has 0 amide bonds. The fourth-order valence-electron chi connectivity index (χ4n) is 2.54. The second-order valence-electron chi connectivity index (χ2n) is 5.65. The number of likely N-dealkylation sites (N-methyl/N-ethyl adjacent to an activating group) is 1.